The molecule has 0 aliphatic carbocycles. The second-order valence-corrected chi connectivity index (χ2v) is 7.29. The number of halogens is 1. The van der Waals surface area contributed by atoms with E-state index >= 15 is 0 Å². The summed E-state index contributed by atoms with van der Waals surface area (Å²) >= 11 is 5.94. The van der Waals surface area contributed by atoms with Crippen molar-refractivity contribution in [2.24, 2.45) is 5.10 Å². The fraction of sp³-hybridized carbons (Fsp3) is 0.200. The average molecular weight is 471 g/mol. The van der Waals surface area contributed by atoms with E-state index in [1.165, 1.54) is 24.4 Å². The number of nitrogens with one attached hydrogen (secondary N) is 2. The van der Waals surface area contributed by atoms with Gasteiger partial charge in [0.15, 0.2) is 0 Å². The van der Waals surface area contributed by atoms with Crippen LogP contribution in [0.1, 0.15) is 5.56 Å². The molecule has 1 aromatic heterocycles. The molecule has 12 nitrogen and oxygen atoms in total. The zero-order chi connectivity index (χ0) is 23.2. The summed E-state index contributed by atoms with van der Waals surface area (Å²) in [4.78, 5) is 25.5. The van der Waals surface area contributed by atoms with Crippen molar-refractivity contribution in [1.29, 1.82) is 0 Å². The lowest BCUT2D eigenvalue weighted by atomic mass is 10.2. The minimum atomic E-state index is -0.671. The third kappa shape index (κ3) is 5.61. The zero-order valence-electron chi connectivity index (χ0n) is 17.2. The monoisotopic (exact) mass is 470 g/mol. The maximum atomic E-state index is 11.0. The molecule has 170 valence electrons. The van der Waals surface area contributed by atoms with Crippen LogP contribution in [0.3, 0.4) is 0 Å². The normalized spacial score (nSPS) is 13.8. The molecule has 33 heavy (non-hydrogen) atoms. The first-order valence-electron chi connectivity index (χ1n) is 9.86. The van der Waals surface area contributed by atoms with Gasteiger partial charge in [-0.1, -0.05) is 17.7 Å². The van der Waals surface area contributed by atoms with Crippen LogP contribution in [-0.2, 0) is 4.74 Å². The number of rotatable bonds is 7. The molecular weight excluding hydrogens is 452 g/mol. The fourth-order valence-electron chi connectivity index (χ4n) is 3.00. The molecule has 0 amide bonds. The fourth-order valence-corrected chi connectivity index (χ4v) is 3.12. The van der Waals surface area contributed by atoms with Gasteiger partial charge in [-0.25, -0.2) is 5.43 Å². The number of hydrazone groups is 1. The van der Waals surface area contributed by atoms with Gasteiger partial charge in [0.25, 0.3) is 0 Å². The number of phenols is 1. The van der Waals surface area contributed by atoms with Gasteiger partial charge in [-0.3, -0.25) is 10.1 Å². The van der Waals surface area contributed by atoms with Gasteiger partial charge >= 0.3 is 5.69 Å². The number of benzene rings is 2. The molecule has 0 saturated carbocycles. The molecule has 0 unspecified atom stereocenters. The van der Waals surface area contributed by atoms with E-state index in [9.17, 15) is 15.2 Å². The van der Waals surface area contributed by atoms with Crippen LogP contribution in [0, 0.1) is 10.1 Å². The number of hydrogen-bond acceptors (Lipinski definition) is 11. The topological polar surface area (TPSA) is 151 Å². The molecule has 0 spiro atoms. The van der Waals surface area contributed by atoms with Crippen LogP contribution in [0.4, 0.5) is 29.2 Å². The van der Waals surface area contributed by atoms with E-state index in [1.54, 1.807) is 24.3 Å². The SMILES string of the molecule is O=[N+]([O-])c1cccc(/C=N\Nc2nc(Nc3ccc(Cl)cc3)nc(N3CCOCC3)n2)c1O. The van der Waals surface area contributed by atoms with Crippen molar-refractivity contribution in [2.75, 3.05) is 41.9 Å². The minimum absolute atomic E-state index is 0.143. The molecule has 13 heteroatoms. The van der Waals surface area contributed by atoms with E-state index in [4.69, 9.17) is 16.3 Å². The Morgan fingerprint density at radius 3 is 2.58 bits per heavy atom. The average Bonchev–Trinajstić information content (AvgIpc) is 2.82. The van der Waals surface area contributed by atoms with Gasteiger partial charge in [-0.15, -0.1) is 0 Å². The molecule has 0 atom stereocenters. The standard InChI is InChI=1S/C20H19ClN8O4/c21-14-4-6-15(7-5-14)23-18-24-19(26-20(25-18)28-8-10-33-11-9-28)27-22-12-13-2-1-3-16(17(13)30)29(31)32/h1-7,12,30H,8-11H2,(H2,23,24,25,26,27)/b22-12-. The van der Waals surface area contributed by atoms with Crippen molar-refractivity contribution >= 4 is 47.0 Å². The van der Waals surface area contributed by atoms with Gasteiger partial charge in [0, 0.05) is 35.4 Å². The number of nitro groups is 1. The van der Waals surface area contributed by atoms with Crippen LogP contribution in [0.5, 0.6) is 5.75 Å². The summed E-state index contributed by atoms with van der Waals surface area (Å²) in [5.74, 6) is 0.372. The van der Waals surface area contributed by atoms with E-state index in [2.05, 4.69) is 30.8 Å². The molecule has 0 radical (unpaired) electrons. The van der Waals surface area contributed by atoms with Gasteiger partial charge in [0.2, 0.25) is 23.6 Å². The second-order valence-electron chi connectivity index (χ2n) is 6.86. The largest absolute Gasteiger partial charge is 0.502 e. The predicted molar refractivity (Wildman–Crippen MR) is 124 cm³/mol. The number of hydrogen-bond donors (Lipinski definition) is 3. The first-order valence-corrected chi connectivity index (χ1v) is 10.2. The van der Waals surface area contributed by atoms with Crippen molar-refractivity contribution in [3.05, 3.63) is 63.2 Å². The molecular formula is C20H19ClN8O4. The van der Waals surface area contributed by atoms with Gasteiger partial charge in [0.1, 0.15) is 0 Å². The number of anilines is 4. The molecule has 2 aromatic carbocycles. The number of aromatic hydroxyl groups is 1. The summed E-state index contributed by atoms with van der Waals surface area (Å²) in [5.41, 5.74) is 3.17. The van der Waals surface area contributed by atoms with Gasteiger partial charge < -0.3 is 20.1 Å². The van der Waals surface area contributed by atoms with Crippen molar-refractivity contribution in [2.45, 2.75) is 0 Å². The molecule has 1 aliphatic rings. The quantitative estimate of drug-likeness (QED) is 0.266. The van der Waals surface area contributed by atoms with E-state index in [1.807, 2.05) is 4.90 Å². The summed E-state index contributed by atoms with van der Waals surface area (Å²) in [6.45, 7) is 2.35. The third-order valence-corrected chi connectivity index (χ3v) is 4.88. The second kappa shape index (κ2) is 10.1. The Morgan fingerprint density at radius 1 is 1.12 bits per heavy atom. The number of aromatic nitrogens is 3. The Balaban J connectivity index is 1.58. The van der Waals surface area contributed by atoms with Crippen LogP contribution in [0.25, 0.3) is 0 Å². The summed E-state index contributed by atoms with van der Waals surface area (Å²) in [5, 5.41) is 28.8. The molecule has 1 saturated heterocycles. The molecule has 2 heterocycles. The van der Waals surface area contributed by atoms with E-state index < -0.39 is 16.4 Å². The van der Waals surface area contributed by atoms with Crippen molar-refractivity contribution in [1.82, 2.24) is 15.0 Å². The highest BCUT2D eigenvalue weighted by Crippen LogP contribution is 2.28. The third-order valence-electron chi connectivity index (χ3n) is 4.63. The van der Waals surface area contributed by atoms with E-state index in [-0.39, 0.29) is 17.5 Å². The highest BCUT2D eigenvalue weighted by molar-refractivity contribution is 6.30. The Morgan fingerprint density at radius 2 is 1.85 bits per heavy atom. The highest BCUT2D eigenvalue weighted by atomic mass is 35.5. The summed E-state index contributed by atoms with van der Waals surface area (Å²) < 4.78 is 5.39. The summed E-state index contributed by atoms with van der Waals surface area (Å²) in [6, 6.07) is 11.2. The number of phenolic OH excluding ortho intramolecular Hbond substituents is 1. The molecule has 1 fully saturated rings. The van der Waals surface area contributed by atoms with Crippen molar-refractivity contribution < 1.29 is 14.8 Å². The molecule has 3 N–H and O–H groups in total. The summed E-state index contributed by atoms with van der Waals surface area (Å²) in [6.07, 6.45) is 1.24. The first-order chi connectivity index (χ1) is 16.0. The van der Waals surface area contributed by atoms with Gasteiger partial charge in [0.05, 0.1) is 24.4 Å². The van der Waals surface area contributed by atoms with Gasteiger partial charge in [-0.2, -0.15) is 20.1 Å². The smallest absolute Gasteiger partial charge is 0.311 e. The Bertz CT molecular complexity index is 1170. The van der Waals surface area contributed by atoms with Crippen molar-refractivity contribution in [3.8, 4) is 5.75 Å². The van der Waals surface area contributed by atoms with Crippen molar-refractivity contribution in [3.63, 3.8) is 0 Å². The lowest BCUT2D eigenvalue weighted by molar-refractivity contribution is -0.385. The predicted octanol–water partition coefficient (Wildman–Crippen LogP) is 3.17. The highest BCUT2D eigenvalue weighted by Gasteiger charge is 2.17. The summed E-state index contributed by atoms with van der Waals surface area (Å²) in [7, 11) is 0. The Labute approximate surface area is 193 Å². The van der Waals surface area contributed by atoms with Crippen LogP contribution < -0.4 is 15.6 Å². The number of para-hydroxylation sites is 1. The molecule has 1 aliphatic heterocycles. The van der Waals surface area contributed by atoms with Crippen LogP contribution in [0.2, 0.25) is 5.02 Å². The van der Waals surface area contributed by atoms with E-state index in [0.29, 0.717) is 37.3 Å². The maximum Gasteiger partial charge on any atom is 0.311 e. The molecule has 3 aromatic rings. The lowest BCUT2D eigenvalue weighted by Gasteiger charge is -2.27. The van der Waals surface area contributed by atoms with Crippen LogP contribution in [0.15, 0.2) is 47.6 Å². The van der Waals surface area contributed by atoms with Gasteiger partial charge in [-0.05, 0) is 30.3 Å². The number of morpholine rings is 1. The number of nitrogens with zero attached hydrogens (tertiary/aromatic N) is 6. The first kappa shape index (κ1) is 22.2. The number of nitro benzene ring substituents is 1. The molecule has 4 rings (SSSR count). The lowest BCUT2D eigenvalue weighted by Crippen LogP contribution is -2.37. The van der Waals surface area contributed by atoms with E-state index in [0.717, 1.165) is 5.69 Å². The molecule has 0 bridgehead atoms. The van der Waals surface area contributed by atoms with Crippen LogP contribution >= 0.6 is 11.6 Å². The maximum absolute atomic E-state index is 11.0. The zero-order valence-corrected chi connectivity index (χ0v) is 17.9. The van der Waals surface area contributed by atoms with Crippen LogP contribution in [-0.4, -0.2) is 57.5 Å². The minimum Gasteiger partial charge on any atom is -0.502 e. The number of ether oxygens (including phenoxy) is 1. The Hall–Kier alpha value is -4.03. The Kier molecular flexibility index (Phi) is 6.76.